The van der Waals surface area contributed by atoms with E-state index in [2.05, 4.69) is 31.2 Å². The average molecular weight is 477 g/mol. The van der Waals surface area contributed by atoms with Crippen LogP contribution in [-0.4, -0.2) is 39.1 Å². The van der Waals surface area contributed by atoms with Gasteiger partial charge in [-0.15, -0.1) is 0 Å². The van der Waals surface area contributed by atoms with Gasteiger partial charge in [0.05, 0.1) is 11.7 Å². The minimum Gasteiger partial charge on any atom is -0.491 e. The minimum absolute atomic E-state index is 0.249. The highest BCUT2D eigenvalue weighted by Crippen LogP contribution is 2.36. The first-order valence-corrected chi connectivity index (χ1v) is 11.1. The van der Waals surface area contributed by atoms with Crippen LogP contribution < -0.4 is 10.1 Å². The molecule has 7 nitrogen and oxygen atoms in total. The number of hydrogen-bond acceptors (Lipinski definition) is 6. The summed E-state index contributed by atoms with van der Waals surface area (Å²) in [5.41, 5.74) is 2.87. The Kier molecular flexibility index (Phi) is 5.20. The molecule has 152 valence electrons. The number of nitrogens with zero attached hydrogens (tertiary/aromatic N) is 3. The first-order chi connectivity index (χ1) is 13.7. The quantitative estimate of drug-likeness (QED) is 0.429. The van der Waals surface area contributed by atoms with Gasteiger partial charge in [0.15, 0.2) is 10.8 Å². The van der Waals surface area contributed by atoms with E-state index in [4.69, 9.17) is 9.47 Å². The van der Waals surface area contributed by atoms with Gasteiger partial charge >= 0.3 is 6.09 Å². The van der Waals surface area contributed by atoms with Crippen molar-refractivity contribution in [3.8, 4) is 11.4 Å². The summed E-state index contributed by atoms with van der Waals surface area (Å²) in [6.07, 6.45) is 1.53. The Labute approximate surface area is 181 Å². The molecule has 2 aromatic heterocycles. The van der Waals surface area contributed by atoms with E-state index in [-0.39, 0.29) is 6.04 Å². The second-order valence-corrected chi connectivity index (χ2v) is 9.23. The molecule has 1 atom stereocenters. The second-order valence-electron chi connectivity index (χ2n) is 7.64. The van der Waals surface area contributed by atoms with Crippen LogP contribution in [0.15, 0.2) is 40.1 Å². The van der Waals surface area contributed by atoms with Gasteiger partial charge in [0.1, 0.15) is 28.1 Å². The zero-order valence-electron chi connectivity index (χ0n) is 16.5. The highest BCUT2D eigenvalue weighted by Gasteiger charge is 2.28. The van der Waals surface area contributed by atoms with Gasteiger partial charge in [-0.2, -0.15) is 0 Å². The predicted octanol–water partition coefficient (Wildman–Crippen LogP) is 4.86. The van der Waals surface area contributed by atoms with Gasteiger partial charge in [-0.1, -0.05) is 17.8 Å². The van der Waals surface area contributed by atoms with E-state index < -0.39 is 11.7 Å². The number of halogens is 1. The molecule has 1 aliphatic rings. The molecule has 0 spiro atoms. The summed E-state index contributed by atoms with van der Waals surface area (Å²) in [5, 5.41) is 3.72. The number of fused-ring (bicyclic) bond motifs is 2. The maximum atomic E-state index is 12.1. The van der Waals surface area contributed by atoms with Crippen molar-refractivity contribution in [2.75, 3.05) is 12.9 Å². The molecule has 3 aromatic rings. The molecule has 3 heterocycles. The maximum Gasteiger partial charge on any atom is 0.408 e. The van der Waals surface area contributed by atoms with Crippen LogP contribution >= 0.6 is 27.7 Å². The van der Waals surface area contributed by atoms with Gasteiger partial charge in [0.2, 0.25) is 0 Å². The van der Waals surface area contributed by atoms with Crippen molar-refractivity contribution in [3.63, 3.8) is 0 Å². The Morgan fingerprint density at radius 3 is 2.83 bits per heavy atom. The lowest BCUT2D eigenvalue weighted by Gasteiger charge is -2.21. The van der Waals surface area contributed by atoms with Crippen molar-refractivity contribution in [2.24, 2.45) is 0 Å². The standard InChI is InChI=1S/C20H21BrN4O3S/c1-20(2,3)28-19(26)23-14-10-27-15-9-11(5-6-12(14)15)25-17-13(22-18(25)29-4)7-8-16(21)24-17/h5-9,14H,10H2,1-4H3,(H,23,26)/t14-/m0/s1. The lowest BCUT2D eigenvalue weighted by Crippen LogP contribution is -2.35. The number of nitrogens with one attached hydrogen (secondary N) is 1. The smallest absolute Gasteiger partial charge is 0.408 e. The summed E-state index contributed by atoms with van der Waals surface area (Å²) in [6, 6.07) is 9.47. The zero-order chi connectivity index (χ0) is 20.8. The fraction of sp³-hybridized carbons (Fsp3) is 0.350. The normalized spacial score (nSPS) is 15.8. The Bertz CT molecular complexity index is 1090. The fourth-order valence-corrected chi connectivity index (χ4v) is 4.05. The molecule has 0 bridgehead atoms. The van der Waals surface area contributed by atoms with E-state index in [0.29, 0.717) is 6.61 Å². The van der Waals surface area contributed by atoms with Crippen molar-refractivity contribution in [1.29, 1.82) is 0 Å². The SMILES string of the molecule is CSc1nc2ccc(Br)nc2n1-c1ccc2c(c1)OC[C@@H]2NC(=O)OC(C)(C)C. The van der Waals surface area contributed by atoms with E-state index in [1.54, 1.807) is 11.8 Å². The minimum atomic E-state index is -0.547. The summed E-state index contributed by atoms with van der Waals surface area (Å²) < 4.78 is 14.0. The zero-order valence-corrected chi connectivity index (χ0v) is 18.9. The fourth-order valence-electron chi connectivity index (χ4n) is 3.19. The Hall–Kier alpha value is -2.26. The summed E-state index contributed by atoms with van der Waals surface area (Å²) in [6.45, 7) is 5.87. The largest absolute Gasteiger partial charge is 0.491 e. The number of ether oxygens (including phenoxy) is 2. The molecule has 1 amide bonds. The third-order valence-electron chi connectivity index (χ3n) is 4.35. The number of aromatic nitrogens is 3. The van der Waals surface area contributed by atoms with Crippen LogP contribution in [0.5, 0.6) is 5.75 Å². The third-order valence-corrected chi connectivity index (χ3v) is 5.43. The number of hydrogen-bond donors (Lipinski definition) is 1. The van der Waals surface area contributed by atoms with Crippen LogP contribution in [0.1, 0.15) is 32.4 Å². The molecule has 0 saturated heterocycles. The number of imidazole rings is 1. The summed E-state index contributed by atoms with van der Waals surface area (Å²) in [5.74, 6) is 0.729. The Morgan fingerprint density at radius 1 is 1.31 bits per heavy atom. The molecule has 4 rings (SSSR count). The average Bonchev–Trinajstić information content (AvgIpc) is 3.20. The van der Waals surface area contributed by atoms with Crippen molar-refractivity contribution in [3.05, 3.63) is 40.5 Å². The van der Waals surface area contributed by atoms with E-state index in [1.165, 1.54) is 0 Å². The maximum absolute atomic E-state index is 12.1. The molecule has 1 aliphatic heterocycles. The summed E-state index contributed by atoms with van der Waals surface area (Å²) in [4.78, 5) is 21.4. The molecule has 0 aliphatic carbocycles. The predicted molar refractivity (Wildman–Crippen MR) is 116 cm³/mol. The van der Waals surface area contributed by atoms with Gasteiger partial charge < -0.3 is 14.8 Å². The molecule has 0 fully saturated rings. The second kappa shape index (κ2) is 7.53. The van der Waals surface area contributed by atoms with Crippen molar-refractivity contribution < 1.29 is 14.3 Å². The van der Waals surface area contributed by atoms with Gasteiger partial charge in [0.25, 0.3) is 0 Å². The number of alkyl carbamates (subject to hydrolysis) is 1. The number of rotatable bonds is 3. The van der Waals surface area contributed by atoms with Crippen molar-refractivity contribution in [1.82, 2.24) is 19.9 Å². The molecule has 1 N–H and O–H groups in total. The number of pyridine rings is 1. The first kappa shape index (κ1) is 20.0. The lowest BCUT2D eigenvalue weighted by molar-refractivity contribution is 0.0497. The van der Waals surface area contributed by atoms with E-state index in [1.807, 2.05) is 61.9 Å². The van der Waals surface area contributed by atoms with Crippen LogP contribution in [0.25, 0.3) is 16.9 Å². The van der Waals surface area contributed by atoms with E-state index >= 15 is 0 Å². The Balaban J connectivity index is 1.66. The van der Waals surface area contributed by atoms with Gasteiger partial charge in [-0.25, -0.2) is 14.8 Å². The molecule has 1 aromatic carbocycles. The summed E-state index contributed by atoms with van der Waals surface area (Å²) >= 11 is 4.99. The number of carbonyl (C=O) groups excluding carboxylic acids is 1. The Morgan fingerprint density at radius 2 is 2.10 bits per heavy atom. The van der Waals surface area contributed by atoms with Crippen LogP contribution in [-0.2, 0) is 4.74 Å². The molecular weight excluding hydrogens is 456 g/mol. The van der Waals surface area contributed by atoms with Crippen LogP contribution in [0, 0.1) is 0 Å². The molecule has 29 heavy (non-hydrogen) atoms. The molecule has 0 unspecified atom stereocenters. The number of benzene rings is 1. The van der Waals surface area contributed by atoms with Crippen molar-refractivity contribution >= 4 is 44.9 Å². The van der Waals surface area contributed by atoms with E-state index in [0.717, 1.165) is 37.9 Å². The molecular formula is C20H21BrN4O3S. The third kappa shape index (κ3) is 4.06. The van der Waals surface area contributed by atoms with Crippen LogP contribution in [0.2, 0.25) is 0 Å². The number of amides is 1. The molecule has 0 saturated carbocycles. The van der Waals surface area contributed by atoms with E-state index in [9.17, 15) is 4.79 Å². The highest BCUT2D eigenvalue weighted by atomic mass is 79.9. The van der Waals surface area contributed by atoms with Gasteiger partial charge in [0, 0.05) is 11.6 Å². The monoisotopic (exact) mass is 476 g/mol. The molecule has 0 radical (unpaired) electrons. The highest BCUT2D eigenvalue weighted by molar-refractivity contribution is 9.10. The molecule has 9 heteroatoms. The first-order valence-electron chi connectivity index (χ1n) is 9.11. The lowest BCUT2D eigenvalue weighted by atomic mass is 10.1. The number of carbonyl (C=O) groups is 1. The van der Waals surface area contributed by atoms with Crippen LogP contribution in [0.4, 0.5) is 4.79 Å². The van der Waals surface area contributed by atoms with Gasteiger partial charge in [-0.3, -0.25) is 4.57 Å². The van der Waals surface area contributed by atoms with Crippen LogP contribution in [0.3, 0.4) is 0 Å². The summed E-state index contributed by atoms with van der Waals surface area (Å²) in [7, 11) is 0. The van der Waals surface area contributed by atoms with Crippen molar-refractivity contribution in [2.45, 2.75) is 37.6 Å². The number of thioether (sulfide) groups is 1. The topological polar surface area (TPSA) is 78.3 Å². The van der Waals surface area contributed by atoms with Gasteiger partial charge in [-0.05, 0) is 61.2 Å².